The van der Waals surface area contributed by atoms with Crippen LogP contribution >= 0.6 is 0 Å². The molecule has 2 aromatic carbocycles. The second kappa shape index (κ2) is 6.36. The Bertz CT molecular complexity index is 838. The number of piperidine rings is 1. The van der Waals surface area contributed by atoms with E-state index in [1.807, 2.05) is 12.1 Å². The first-order valence-corrected chi connectivity index (χ1v) is 8.46. The van der Waals surface area contributed by atoms with Crippen LogP contribution in [0.5, 0.6) is 0 Å². The highest BCUT2D eigenvalue weighted by Crippen LogP contribution is 2.33. The summed E-state index contributed by atoms with van der Waals surface area (Å²) < 4.78 is 26.5. The summed E-state index contributed by atoms with van der Waals surface area (Å²) >= 11 is 0. The van der Waals surface area contributed by atoms with Crippen LogP contribution in [-0.2, 0) is 6.54 Å². The molecule has 0 aliphatic carbocycles. The van der Waals surface area contributed by atoms with E-state index in [4.69, 9.17) is 0 Å². The smallest absolute Gasteiger partial charge is 0.123 e. The van der Waals surface area contributed by atoms with E-state index in [2.05, 4.69) is 16.0 Å². The largest absolute Gasteiger partial charge is 0.357 e. The summed E-state index contributed by atoms with van der Waals surface area (Å²) in [5.41, 5.74) is 3.22. The van der Waals surface area contributed by atoms with Gasteiger partial charge in [0.05, 0.1) is 6.04 Å². The molecular weight excluding hydrogens is 306 g/mol. The molecule has 1 saturated heterocycles. The number of hydrogen-bond acceptors (Lipinski definition) is 1. The van der Waals surface area contributed by atoms with E-state index < -0.39 is 0 Å². The third kappa shape index (κ3) is 3.06. The number of rotatable bonds is 3. The van der Waals surface area contributed by atoms with E-state index in [1.165, 1.54) is 31.0 Å². The quantitative estimate of drug-likeness (QED) is 0.703. The highest BCUT2D eigenvalue weighted by molar-refractivity contribution is 5.80. The highest BCUT2D eigenvalue weighted by atomic mass is 19.1. The Morgan fingerprint density at radius 3 is 2.58 bits per heavy atom. The number of aromatic amines is 1. The zero-order valence-electron chi connectivity index (χ0n) is 13.4. The molecule has 0 unspecified atom stereocenters. The summed E-state index contributed by atoms with van der Waals surface area (Å²) in [6, 6.07) is 13.9. The zero-order chi connectivity index (χ0) is 16.5. The van der Waals surface area contributed by atoms with Gasteiger partial charge in [-0.3, -0.25) is 4.90 Å². The fourth-order valence-electron chi connectivity index (χ4n) is 3.66. The Hall–Kier alpha value is -2.20. The van der Waals surface area contributed by atoms with E-state index in [-0.39, 0.29) is 11.6 Å². The maximum Gasteiger partial charge on any atom is 0.123 e. The van der Waals surface area contributed by atoms with Crippen molar-refractivity contribution in [3.63, 3.8) is 0 Å². The van der Waals surface area contributed by atoms with Gasteiger partial charge in [0.15, 0.2) is 0 Å². The van der Waals surface area contributed by atoms with Crippen molar-refractivity contribution in [1.29, 1.82) is 0 Å². The van der Waals surface area contributed by atoms with Crippen LogP contribution in [0, 0.1) is 11.6 Å². The molecule has 1 N–H and O–H groups in total. The van der Waals surface area contributed by atoms with Crippen molar-refractivity contribution in [3.8, 4) is 0 Å². The molecule has 0 amide bonds. The summed E-state index contributed by atoms with van der Waals surface area (Å²) in [4.78, 5) is 5.88. The molecule has 0 bridgehead atoms. The SMILES string of the molecule is Fc1ccc(CN2CCCC[C@@H]2c2cc3cc(F)ccc3[nH]2)cc1. The molecule has 4 heteroatoms. The number of nitrogens with zero attached hydrogens (tertiary/aromatic N) is 1. The van der Waals surface area contributed by atoms with Gasteiger partial charge in [-0.15, -0.1) is 0 Å². The van der Waals surface area contributed by atoms with Crippen molar-refractivity contribution >= 4 is 10.9 Å². The van der Waals surface area contributed by atoms with Crippen LogP contribution in [0.25, 0.3) is 10.9 Å². The van der Waals surface area contributed by atoms with Gasteiger partial charge in [-0.1, -0.05) is 18.6 Å². The van der Waals surface area contributed by atoms with Crippen LogP contribution in [0.15, 0.2) is 48.5 Å². The molecule has 1 fully saturated rings. The number of hydrogen-bond donors (Lipinski definition) is 1. The molecule has 1 aromatic heterocycles. The van der Waals surface area contributed by atoms with Crippen molar-refractivity contribution < 1.29 is 8.78 Å². The number of fused-ring (bicyclic) bond motifs is 1. The lowest BCUT2D eigenvalue weighted by molar-refractivity contribution is 0.138. The monoisotopic (exact) mass is 326 g/mol. The number of H-pyrrole nitrogens is 1. The minimum absolute atomic E-state index is 0.202. The van der Waals surface area contributed by atoms with Crippen LogP contribution in [0.4, 0.5) is 8.78 Å². The van der Waals surface area contributed by atoms with E-state index in [0.29, 0.717) is 6.04 Å². The van der Waals surface area contributed by atoms with Gasteiger partial charge in [-0.25, -0.2) is 8.78 Å². The summed E-state index contributed by atoms with van der Waals surface area (Å²) in [5, 5.41) is 0.914. The molecule has 1 aliphatic heterocycles. The lowest BCUT2D eigenvalue weighted by Gasteiger charge is -2.35. The fraction of sp³-hybridized carbons (Fsp3) is 0.300. The number of likely N-dealkylation sites (tertiary alicyclic amines) is 1. The van der Waals surface area contributed by atoms with Gasteiger partial charge in [0.1, 0.15) is 11.6 Å². The van der Waals surface area contributed by atoms with Crippen molar-refractivity contribution in [3.05, 3.63) is 71.4 Å². The minimum atomic E-state index is -0.208. The van der Waals surface area contributed by atoms with Crippen LogP contribution in [0.1, 0.15) is 36.6 Å². The summed E-state index contributed by atoms with van der Waals surface area (Å²) in [7, 11) is 0. The van der Waals surface area contributed by atoms with Gasteiger partial charge in [-0.2, -0.15) is 0 Å². The van der Waals surface area contributed by atoms with Crippen molar-refractivity contribution in [1.82, 2.24) is 9.88 Å². The highest BCUT2D eigenvalue weighted by Gasteiger charge is 2.25. The Kier molecular flexibility index (Phi) is 4.07. The van der Waals surface area contributed by atoms with E-state index in [9.17, 15) is 8.78 Å². The Labute approximate surface area is 140 Å². The normalized spacial score (nSPS) is 19.0. The molecule has 0 radical (unpaired) electrons. The zero-order valence-corrected chi connectivity index (χ0v) is 13.4. The predicted octanol–water partition coefficient (Wildman–Crippen LogP) is 5.17. The maximum absolute atomic E-state index is 13.4. The second-order valence-electron chi connectivity index (χ2n) is 6.56. The number of nitrogens with one attached hydrogen (secondary N) is 1. The fourth-order valence-corrected chi connectivity index (χ4v) is 3.66. The first-order valence-electron chi connectivity index (χ1n) is 8.46. The van der Waals surface area contributed by atoms with Crippen molar-refractivity contribution in [2.45, 2.75) is 31.8 Å². The standard InChI is InChI=1S/C20H20F2N2/c21-16-6-4-14(5-7-16)13-24-10-2-1-3-20(24)19-12-15-11-17(22)8-9-18(15)23-19/h4-9,11-12,20,23H,1-3,10,13H2/t20-/m1/s1. The molecule has 2 heterocycles. The average Bonchev–Trinajstić information content (AvgIpc) is 3.00. The lowest BCUT2D eigenvalue weighted by Crippen LogP contribution is -2.33. The molecular formula is C20H20F2N2. The van der Waals surface area contributed by atoms with Gasteiger partial charge in [0.25, 0.3) is 0 Å². The average molecular weight is 326 g/mol. The van der Waals surface area contributed by atoms with E-state index >= 15 is 0 Å². The number of benzene rings is 2. The molecule has 1 atom stereocenters. The third-order valence-electron chi connectivity index (χ3n) is 4.88. The van der Waals surface area contributed by atoms with Crippen LogP contribution < -0.4 is 0 Å². The number of halogens is 2. The van der Waals surface area contributed by atoms with Gasteiger partial charge in [0, 0.05) is 23.1 Å². The predicted molar refractivity (Wildman–Crippen MR) is 91.7 cm³/mol. The summed E-state index contributed by atoms with van der Waals surface area (Å²) in [6.45, 7) is 1.82. The first-order chi connectivity index (χ1) is 11.7. The maximum atomic E-state index is 13.4. The molecule has 1 aliphatic rings. The van der Waals surface area contributed by atoms with Gasteiger partial charge >= 0.3 is 0 Å². The van der Waals surface area contributed by atoms with Gasteiger partial charge in [0.2, 0.25) is 0 Å². The van der Waals surface area contributed by atoms with Crippen LogP contribution in [0.3, 0.4) is 0 Å². The van der Waals surface area contributed by atoms with E-state index in [0.717, 1.165) is 41.7 Å². The van der Waals surface area contributed by atoms with Gasteiger partial charge < -0.3 is 4.98 Å². The molecule has 24 heavy (non-hydrogen) atoms. The minimum Gasteiger partial charge on any atom is -0.357 e. The lowest BCUT2D eigenvalue weighted by atomic mass is 9.98. The summed E-state index contributed by atoms with van der Waals surface area (Å²) in [6.07, 6.45) is 3.44. The Balaban J connectivity index is 1.61. The molecule has 124 valence electrons. The third-order valence-corrected chi connectivity index (χ3v) is 4.88. The van der Waals surface area contributed by atoms with E-state index in [1.54, 1.807) is 12.1 Å². The topological polar surface area (TPSA) is 19.0 Å². The Morgan fingerprint density at radius 2 is 1.75 bits per heavy atom. The van der Waals surface area contributed by atoms with Crippen LogP contribution in [0.2, 0.25) is 0 Å². The number of aromatic nitrogens is 1. The molecule has 4 rings (SSSR count). The van der Waals surface area contributed by atoms with Gasteiger partial charge in [-0.05, 0) is 61.3 Å². The molecule has 2 nitrogen and oxygen atoms in total. The van der Waals surface area contributed by atoms with Crippen molar-refractivity contribution in [2.24, 2.45) is 0 Å². The molecule has 0 saturated carbocycles. The van der Waals surface area contributed by atoms with Crippen molar-refractivity contribution in [2.75, 3.05) is 6.54 Å². The van der Waals surface area contributed by atoms with Crippen LogP contribution in [-0.4, -0.2) is 16.4 Å². The summed E-state index contributed by atoms with van der Waals surface area (Å²) in [5.74, 6) is -0.411. The first kappa shape index (κ1) is 15.3. The second-order valence-corrected chi connectivity index (χ2v) is 6.56. The molecule has 3 aromatic rings. The molecule has 0 spiro atoms. The Morgan fingerprint density at radius 1 is 0.958 bits per heavy atom.